The number of imidazole rings is 1. The van der Waals surface area contributed by atoms with E-state index in [9.17, 15) is 9.18 Å². The molecule has 2 aromatic carbocycles. The van der Waals surface area contributed by atoms with Gasteiger partial charge in [-0.1, -0.05) is 41.9 Å². The van der Waals surface area contributed by atoms with Crippen LogP contribution in [0.5, 0.6) is 0 Å². The molecule has 0 radical (unpaired) electrons. The SMILES string of the molecule is O=C(N[C@H](Cc1ncc[nH]1)c1ccccc1)c1cc(Cl)ccc1F. The van der Waals surface area contributed by atoms with Crippen molar-refractivity contribution >= 4 is 17.5 Å². The predicted molar refractivity (Wildman–Crippen MR) is 90.4 cm³/mol. The van der Waals surface area contributed by atoms with Crippen LogP contribution in [0.25, 0.3) is 0 Å². The number of hydrogen-bond donors (Lipinski definition) is 2. The van der Waals surface area contributed by atoms with E-state index in [4.69, 9.17) is 11.6 Å². The molecule has 0 spiro atoms. The first-order valence-corrected chi connectivity index (χ1v) is 7.80. The van der Waals surface area contributed by atoms with Crippen molar-refractivity contribution in [3.8, 4) is 0 Å². The number of aromatic nitrogens is 2. The zero-order chi connectivity index (χ0) is 16.9. The molecule has 122 valence electrons. The van der Waals surface area contributed by atoms with Crippen molar-refractivity contribution in [1.29, 1.82) is 0 Å². The molecular weight excluding hydrogens is 329 g/mol. The lowest BCUT2D eigenvalue weighted by molar-refractivity contribution is 0.0932. The summed E-state index contributed by atoms with van der Waals surface area (Å²) >= 11 is 5.87. The van der Waals surface area contributed by atoms with E-state index in [-0.39, 0.29) is 11.6 Å². The van der Waals surface area contributed by atoms with E-state index in [1.54, 1.807) is 12.4 Å². The number of aromatic amines is 1. The molecule has 1 atom stereocenters. The average molecular weight is 344 g/mol. The van der Waals surface area contributed by atoms with Crippen LogP contribution in [0.3, 0.4) is 0 Å². The fourth-order valence-corrected chi connectivity index (χ4v) is 2.62. The fourth-order valence-electron chi connectivity index (χ4n) is 2.45. The molecule has 4 nitrogen and oxygen atoms in total. The normalized spacial score (nSPS) is 11.9. The maximum absolute atomic E-state index is 13.9. The number of rotatable bonds is 5. The molecule has 0 fully saturated rings. The van der Waals surface area contributed by atoms with E-state index in [0.717, 1.165) is 11.4 Å². The summed E-state index contributed by atoms with van der Waals surface area (Å²) in [5, 5.41) is 3.17. The molecule has 6 heteroatoms. The summed E-state index contributed by atoms with van der Waals surface area (Å²) < 4.78 is 13.9. The third-order valence-electron chi connectivity index (χ3n) is 3.63. The maximum Gasteiger partial charge on any atom is 0.254 e. The van der Waals surface area contributed by atoms with Crippen LogP contribution in [-0.2, 0) is 6.42 Å². The van der Waals surface area contributed by atoms with Crippen LogP contribution < -0.4 is 5.32 Å². The Balaban J connectivity index is 1.86. The van der Waals surface area contributed by atoms with Crippen LogP contribution in [0.15, 0.2) is 60.9 Å². The second-order valence-corrected chi connectivity index (χ2v) is 5.74. The van der Waals surface area contributed by atoms with Gasteiger partial charge in [-0.15, -0.1) is 0 Å². The molecule has 3 rings (SSSR count). The van der Waals surface area contributed by atoms with Gasteiger partial charge in [0, 0.05) is 23.8 Å². The lowest BCUT2D eigenvalue weighted by Crippen LogP contribution is -2.30. The Hall–Kier alpha value is -2.66. The number of carbonyl (C=O) groups excluding carboxylic acids is 1. The minimum atomic E-state index is -0.610. The van der Waals surface area contributed by atoms with Crippen LogP contribution in [0, 0.1) is 5.82 Å². The lowest BCUT2D eigenvalue weighted by Gasteiger charge is -2.18. The highest BCUT2D eigenvalue weighted by Gasteiger charge is 2.19. The van der Waals surface area contributed by atoms with Crippen molar-refractivity contribution in [2.45, 2.75) is 12.5 Å². The summed E-state index contributed by atoms with van der Waals surface area (Å²) in [6.45, 7) is 0. The molecule has 3 aromatic rings. The van der Waals surface area contributed by atoms with Crippen LogP contribution >= 0.6 is 11.6 Å². The maximum atomic E-state index is 13.9. The Morgan fingerprint density at radius 2 is 2.04 bits per heavy atom. The molecule has 0 aliphatic rings. The molecule has 1 aromatic heterocycles. The standard InChI is InChI=1S/C18H15ClFN3O/c19-13-6-7-15(20)14(10-13)18(24)23-16(11-17-21-8-9-22-17)12-4-2-1-3-5-12/h1-10,16H,11H2,(H,21,22)(H,23,24)/t16-/m1/s1. The second-order valence-electron chi connectivity index (χ2n) is 5.30. The highest BCUT2D eigenvalue weighted by molar-refractivity contribution is 6.31. The molecule has 0 aliphatic heterocycles. The van der Waals surface area contributed by atoms with Crippen molar-refractivity contribution in [3.05, 3.63) is 88.7 Å². The number of nitrogens with zero attached hydrogens (tertiary/aromatic N) is 1. The van der Waals surface area contributed by atoms with E-state index >= 15 is 0 Å². The van der Waals surface area contributed by atoms with Gasteiger partial charge in [-0.05, 0) is 23.8 Å². The van der Waals surface area contributed by atoms with Crippen molar-refractivity contribution in [2.75, 3.05) is 0 Å². The fraction of sp³-hybridized carbons (Fsp3) is 0.111. The van der Waals surface area contributed by atoms with Crippen molar-refractivity contribution in [1.82, 2.24) is 15.3 Å². The van der Waals surface area contributed by atoms with Crippen molar-refractivity contribution in [2.24, 2.45) is 0 Å². The third kappa shape index (κ3) is 3.81. The van der Waals surface area contributed by atoms with Gasteiger partial charge < -0.3 is 10.3 Å². The third-order valence-corrected chi connectivity index (χ3v) is 3.87. The van der Waals surface area contributed by atoms with E-state index in [0.29, 0.717) is 11.4 Å². The second kappa shape index (κ2) is 7.27. The number of carbonyl (C=O) groups is 1. The molecule has 0 saturated heterocycles. The number of H-pyrrole nitrogens is 1. The molecule has 1 amide bonds. The first kappa shape index (κ1) is 16.2. The smallest absolute Gasteiger partial charge is 0.254 e. The average Bonchev–Trinajstić information content (AvgIpc) is 3.10. The van der Waals surface area contributed by atoms with Crippen LogP contribution in [-0.4, -0.2) is 15.9 Å². The number of amides is 1. The quantitative estimate of drug-likeness (QED) is 0.737. The number of benzene rings is 2. The Morgan fingerprint density at radius 3 is 2.75 bits per heavy atom. The summed E-state index contributed by atoms with van der Waals surface area (Å²) in [4.78, 5) is 19.7. The summed E-state index contributed by atoms with van der Waals surface area (Å²) in [6, 6.07) is 13.0. The minimum absolute atomic E-state index is 0.0807. The van der Waals surface area contributed by atoms with Crippen LogP contribution in [0.1, 0.15) is 27.8 Å². The largest absolute Gasteiger partial charge is 0.349 e. The Morgan fingerprint density at radius 1 is 1.25 bits per heavy atom. The molecule has 0 unspecified atom stereocenters. The van der Waals surface area contributed by atoms with Gasteiger partial charge in [-0.25, -0.2) is 9.37 Å². The van der Waals surface area contributed by atoms with Gasteiger partial charge in [0.05, 0.1) is 11.6 Å². The van der Waals surface area contributed by atoms with Crippen molar-refractivity contribution < 1.29 is 9.18 Å². The molecule has 24 heavy (non-hydrogen) atoms. The minimum Gasteiger partial charge on any atom is -0.349 e. The van der Waals surface area contributed by atoms with Gasteiger partial charge in [0.1, 0.15) is 11.6 Å². The predicted octanol–water partition coefficient (Wildman–Crippen LogP) is 3.92. The van der Waals surface area contributed by atoms with Crippen LogP contribution in [0.2, 0.25) is 5.02 Å². The van der Waals surface area contributed by atoms with Gasteiger partial charge in [0.25, 0.3) is 5.91 Å². The van der Waals surface area contributed by atoms with Crippen LogP contribution in [0.4, 0.5) is 4.39 Å². The first-order chi connectivity index (χ1) is 11.6. The topological polar surface area (TPSA) is 57.8 Å². The molecule has 0 bridgehead atoms. The number of halogens is 2. The monoisotopic (exact) mass is 343 g/mol. The summed E-state index contributed by atoms with van der Waals surface area (Å²) in [6.07, 6.45) is 3.83. The molecule has 1 heterocycles. The summed E-state index contributed by atoms with van der Waals surface area (Å²) in [5.41, 5.74) is 0.826. The molecular formula is C18H15ClFN3O. The van der Waals surface area contributed by atoms with Gasteiger partial charge in [0.15, 0.2) is 0 Å². The number of hydrogen-bond acceptors (Lipinski definition) is 2. The molecule has 2 N–H and O–H groups in total. The highest BCUT2D eigenvalue weighted by Crippen LogP contribution is 2.20. The Labute approximate surface area is 143 Å². The molecule has 0 aliphatic carbocycles. The van der Waals surface area contributed by atoms with E-state index < -0.39 is 11.7 Å². The van der Waals surface area contributed by atoms with E-state index in [1.165, 1.54) is 18.2 Å². The summed E-state index contributed by atoms with van der Waals surface area (Å²) in [5.74, 6) is -0.396. The van der Waals surface area contributed by atoms with Gasteiger partial charge in [0.2, 0.25) is 0 Å². The summed E-state index contributed by atoms with van der Waals surface area (Å²) in [7, 11) is 0. The van der Waals surface area contributed by atoms with Gasteiger partial charge in [-0.2, -0.15) is 0 Å². The number of nitrogens with one attached hydrogen (secondary N) is 2. The first-order valence-electron chi connectivity index (χ1n) is 7.42. The van der Waals surface area contributed by atoms with E-state index in [1.807, 2.05) is 30.3 Å². The van der Waals surface area contributed by atoms with Gasteiger partial charge in [-0.3, -0.25) is 4.79 Å². The Bertz CT molecular complexity index is 822. The zero-order valence-electron chi connectivity index (χ0n) is 12.7. The van der Waals surface area contributed by atoms with Gasteiger partial charge >= 0.3 is 0 Å². The Kier molecular flexibility index (Phi) is 4.91. The van der Waals surface area contributed by atoms with E-state index in [2.05, 4.69) is 15.3 Å². The lowest BCUT2D eigenvalue weighted by atomic mass is 10.0. The highest BCUT2D eigenvalue weighted by atomic mass is 35.5. The zero-order valence-corrected chi connectivity index (χ0v) is 13.4. The molecule has 0 saturated carbocycles. The van der Waals surface area contributed by atoms with Crippen molar-refractivity contribution in [3.63, 3.8) is 0 Å².